The second kappa shape index (κ2) is 6.01. The normalized spacial score (nSPS) is 10.1. The number of rotatable bonds is 5. The van der Waals surface area contributed by atoms with Gasteiger partial charge >= 0.3 is 0 Å². The first kappa shape index (κ1) is 13.8. The van der Waals surface area contributed by atoms with Crippen molar-refractivity contribution in [3.05, 3.63) is 52.1 Å². The zero-order valence-corrected chi connectivity index (χ0v) is 11.3. The minimum absolute atomic E-state index is 0.0617. The molecule has 1 heterocycles. The van der Waals surface area contributed by atoms with Crippen LogP contribution in [0.15, 0.2) is 36.4 Å². The molecule has 1 aromatic carbocycles. The summed E-state index contributed by atoms with van der Waals surface area (Å²) in [4.78, 5) is 14.6. The highest BCUT2D eigenvalue weighted by Crippen LogP contribution is 2.28. The van der Waals surface area contributed by atoms with Crippen LogP contribution >= 0.6 is 0 Å². The molecule has 6 heteroatoms. The van der Waals surface area contributed by atoms with Gasteiger partial charge in [-0.05, 0) is 18.1 Å². The van der Waals surface area contributed by atoms with Crippen LogP contribution in [0.25, 0.3) is 0 Å². The van der Waals surface area contributed by atoms with E-state index < -0.39 is 4.92 Å². The summed E-state index contributed by atoms with van der Waals surface area (Å²) in [6.07, 6.45) is 0.810. The van der Waals surface area contributed by atoms with Crippen molar-refractivity contribution >= 4 is 11.5 Å². The number of aryl methyl sites for hydroxylation is 1. The molecule has 0 atom stereocenters. The van der Waals surface area contributed by atoms with Crippen LogP contribution < -0.4 is 10.1 Å². The fourth-order valence-electron chi connectivity index (χ4n) is 1.79. The van der Waals surface area contributed by atoms with Crippen LogP contribution in [0.5, 0.6) is 11.6 Å². The average Bonchev–Trinajstić information content (AvgIpc) is 2.47. The Bertz CT molecular complexity index is 629. The largest absolute Gasteiger partial charge is 0.438 e. The van der Waals surface area contributed by atoms with Crippen LogP contribution in [-0.4, -0.2) is 17.0 Å². The minimum atomic E-state index is -0.471. The molecule has 6 nitrogen and oxygen atoms in total. The maximum atomic E-state index is 10.9. The number of nitro groups is 1. The summed E-state index contributed by atoms with van der Waals surface area (Å²) >= 11 is 0. The third kappa shape index (κ3) is 3.03. The number of aromatic nitrogens is 1. The van der Waals surface area contributed by atoms with E-state index in [2.05, 4.69) is 10.3 Å². The molecule has 2 rings (SSSR count). The number of para-hydroxylation sites is 1. The Morgan fingerprint density at radius 1 is 1.35 bits per heavy atom. The van der Waals surface area contributed by atoms with Crippen molar-refractivity contribution < 1.29 is 9.66 Å². The molecule has 1 aromatic heterocycles. The third-order valence-electron chi connectivity index (χ3n) is 2.82. The molecule has 2 aromatic rings. The molecule has 0 aliphatic rings. The molecular weight excluding hydrogens is 258 g/mol. The highest BCUT2D eigenvalue weighted by molar-refractivity contribution is 5.49. The van der Waals surface area contributed by atoms with E-state index >= 15 is 0 Å². The highest BCUT2D eigenvalue weighted by atomic mass is 16.6. The Balaban J connectivity index is 2.37. The number of benzene rings is 1. The molecule has 0 aliphatic carbocycles. The summed E-state index contributed by atoms with van der Waals surface area (Å²) < 4.78 is 5.68. The van der Waals surface area contributed by atoms with Gasteiger partial charge in [-0.15, -0.1) is 0 Å². The lowest BCUT2D eigenvalue weighted by Gasteiger charge is -2.10. The molecule has 20 heavy (non-hydrogen) atoms. The minimum Gasteiger partial charge on any atom is -0.438 e. The number of hydrogen-bond acceptors (Lipinski definition) is 5. The second-order valence-electron chi connectivity index (χ2n) is 4.12. The predicted molar refractivity (Wildman–Crippen MR) is 76.3 cm³/mol. The molecular formula is C14H15N3O3. The number of ether oxygens (including phenoxy) is 1. The Morgan fingerprint density at radius 2 is 2.10 bits per heavy atom. The Hall–Kier alpha value is -2.63. The fourth-order valence-corrected chi connectivity index (χ4v) is 1.79. The summed E-state index contributed by atoms with van der Waals surface area (Å²) in [5.41, 5.74) is 0.958. The number of nitrogens with zero attached hydrogens (tertiary/aromatic N) is 2. The zero-order chi connectivity index (χ0) is 14.5. The molecule has 0 amide bonds. The lowest BCUT2D eigenvalue weighted by atomic mass is 10.1. The first-order valence-corrected chi connectivity index (χ1v) is 6.24. The molecule has 0 radical (unpaired) electrons. The molecule has 0 fully saturated rings. The quantitative estimate of drug-likeness (QED) is 0.667. The van der Waals surface area contributed by atoms with Crippen molar-refractivity contribution in [2.24, 2.45) is 0 Å². The van der Waals surface area contributed by atoms with Crippen LogP contribution in [-0.2, 0) is 6.42 Å². The van der Waals surface area contributed by atoms with Crippen LogP contribution in [0.1, 0.15) is 12.5 Å². The SMILES string of the molecule is CCc1ccccc1Oc1cc([N+](=O)[O-])cc(NC)n1. The number of nitrogens with one attached hydrogen (secondary N) is 1. The molecule has 1 N–H and O–H groups in total. The van der Waals surface area contributed by atoms with Crippen molar-refractivity contribution in [2.75, 3.05) is 12.4 Å². The van der Waals surface area contributed by atoms with Gasteiger partial charge in [-0.25, -0.2) is 0 Å². The first-order chi connectivity index (χ1) is 9.63. The van der Waals surface area contributed by atoms with Crippen molar-refractivity contribution in [1.29, 1.82) is 0 Å². The van der Waals surface area contributed by atoms with Gasteiger partial charge in [0.25, 0.3) is 5.69 Å². The maximum absolute atomic E-state index is 10.9. The van der Waals surface area contributed by atoms with Gasteiger partial charge in [0.2, 0.25) is 5.88 Å². The van der Waals surface area contributed by atoms with Crippen LogP contribution in [0, 0.1) is 10.1 Å². The monoisotopic (exact) mass is 273 g/mol. The van der Waals surface area contributed by atoms with E-state index in [0.717, 1.165) is 12.0 Å². The zero-order valence-electron chi connectivity index (χ0n) is 11.3. The van der Waals surface area contributed by atoms with Gasteiger partial charge in [0, 0.05) is 7.05 Å². The van der Waals surface area contributed by atoms with E-state index in [9.17, 15) is 10.1 Å². The van der Waals surface area contributed by atoms with Crippen LogP contribution in [0.3, 0.4) is 0 Å². The third-order valence-corrected chi connectivity index (χ3v) is 2.82. The van der Waals surface area contributed by atoms with Gasteiger partial charge in [0.15, 0.2) is 0 Å². The molecule has 0 spiro atoms. The lowest BCUT2D eigenvalue weighted by Crippen LogP contribution is -1.99. The van der Waals surface area contributed by atoms with Crippen molar-refractivity contribution in [2.45, 2.75) is 13.3 Å². The smallest absolute Gasteiger partial charge is 0.278 e. The summed E-state index contributed by atoms with van der Waals surface area (Å²) in [6, 6.07) is 10.2. The Kier molecular flexibility index (Phi) is 4.14. The van der Waals surface area contributed by atoms with E-state index in [-0.39, 0.29) is 11.6 Å². The Morgan fingerprint density at radius 3 is 2.75 bits per heavy atom. The molecule has 0 unspecified atom stereocenters. The van der Waals surface area contributed by atoms with Crippen molar-refractivity contribution in [3.63, 3.8) is 0 Å². The van der Waals surface area contributed by atoms with E-state index in [1.54, 1.807) is 7.05 Å². The summed E-state index contributed by atoms with van der Waals surface area (Å²) in [5, 5.41) is 13.7. The van der Waals surface area contributed by atoms with E-state index in [1.165, 1.54) is 12.1 Å². The van der Waals surface area contributed by atoms with Gasteiger partial charge in [0.1, 0.15) is 11.6 Å². The standard InChI is InChI=1S/C14H15N3O3/c1-3-10-6-4-5-7-12(10)20-14-9-11(17(18)19)8-13(15-2)16-14/h4-9H,3H2,1-2H3,(H,15,16). The average molecular weight is 273 g/mol. The van der Waals surface area contributed by atoms with E-state index in [0.29, 0.717) is 11.6 Å². The van der Waals surface area contributed by atoms with Gasteiger partial charge in [-0.2, -0.15) is 4.98 Å². The predicted octanol–water partition coefficient (Wildman–Crippen LogP) is 3.39. The Labute approximate surface area is 116 Å². The van der Waals surface area contributed by atoms with Gasteiger partial charge in [0.05, 0.1) is 17.1 Å². The number of pyridine rings is 1. The summed E-state index contributed by atoms with van der Waals surface area (Å²) in [6.45, 7) is 2.02. The van der Waals surface area contributed by atoms with Gasteiger partial charge < -0.3 is 10.1 Å². The molecule has 0 saturated heterocycles. The van der Waals surface area contributed by atoms with Gasteiger partial charge in [-0.1, -0.05) is 25.1 Å². The topological polar surface area (TPSA) is 77.3 Å². The van der Waals surface area contributed by atoms with Crippen LogP contribution in [0.2, 0.25) is 0 Å². The van der Waals surface area contributed by atoms with Crippen molar-refractivity contribution in [1.82, 2.24) is 4.98 Å². The maximum Gasteiger partial charge on any atom is 0.278 e. The second-order valence-corrected chi connectivity index (χ2v) is 4.12. The molecule has 0 bridgehead atoms. The van der Waals surface area contributed by atoms with E-state index in [1.807, 2.05) is 31.2 Å². The number of hydrogen-bond donors (Lipinski definition) is 1. The van der Waals surface area contributed by atoms with E-state index in [4.69, 9.17) is 4.74 Å². The molecule has 0 saturated carbocycles. The number of anilines is 1. The lowest BCUT2D eigenvalue weighted by molar-refractivity contribution is -0.384. The summed E-state index contributed by atoms with van der Waals surface area (Å²) in [5.74, 6) is 1.25. The molecule has 0 aliphatic heterocycles. The molecule has 104 valence electrons. The summed E-state index contributed by atoms with van der Waals surface area (Å²) in [7, 11) is 1.65. The first-order valence-electron chi connectivity index (χ1n) is 6.24. The van der Waals surface area contributed by atoms with Crippen LogP contribution in [0.4, 0.5) is 11.5 Å². The van der Waals surface area contributed by atoms with Crippen molar-refractivity contribution in [3.8, 4) is 11.6 Å². The highest BCUT2D eigenvalue weighted by Gasteiger charge is 2.13. The fraction of sp³-hybridized carbons (Fsp3) is 0.214. The van der Waals surface area contributed by atoms with Gasteiger partial charge in [-0.3, -0.25) is 10.1 Å².